The monoisotopic (exact) mass is 488 g/mol. The van der Waals surface area contributed by atoms with Gasteiger partial charge >= 0.3 is 6.18 Å². The number of hydrogen-bond acceptors (Lipinski definition) is 5. The normalized spacial score (nSPS) is 15.9. The predicted molar refractivity (Wildman–Crippen MR) is 125 cm³/mol. The molecule has 0 aliphatic carbocycles. The number of nitrogens with zero attached hydrogens (tertiary/aromatic N) is 3. The molecule has 1 aliphatic heterocycles. The molecule has 0 saturated carbocycles. The van der Waals surface area contributed by atoms with E-state index < -0.39 is 27.3 Å². The molecule has 0 amide bonds. The number of halogens is 3. The third-order valence-electron chi connectivity index (χ3n) is 6.11. The number of aromatic nitrogens is 1. The molecular formula is C24H23F3N4O2S. The Kier molecular flexibility index (Phi) is 6.51. The molecule has 178 valence electrons. The summed E-state index contributed by atoms with van der Waals surface area (Å²) in [5.74, 6) is 0.0707. The van der Waals surface area contributed by atoms with E-state index in [4.69, 9.17) is 0 Å². The highest BCUT2D eigenvalue weighted by molar-refractivity contribution is 7.89. The fraction of sp³-hybridized carbons (Fsp3) is 0.333. The van der Waals surface area contributed by atoms with Gasteiger partial charge in [-0.25, -0.2) is 12.7 Å². The zero-order valence-electron chi connectivity index (χ0n) is 18.4. The van der Waals surface area contributed by atoms with Crippen LogP contribution in [0.3, 0.4) is 0 Å². The van der Waals surface area contributed by atoms with Crippen molar-refractivity contribution >= 4 is 26.5 Å². The van der Waals surface area contributed by atoms with Crippen LogP contribution in [0.25, 0.3) is 21.9 Å². The molecule has 1 fully saturated rings. The van der Waals surface area contributed by atoms with Crippen molar-refractivity contribution in [2.45, 2.75) is 32.0 Å². The second-order valence-electron chi connectivity index (χ2n) is 8.21. The Labute approximate surface area is 196 Å². The van der Waals surface area contributed by atoms with Crippen LogP contribution >= 0.6 is 0 Å². The number of alkyl halides is 3. The van der Waals surface area contributed by atoms with Gasteiger partial charge in [0, 0.05) is 42.6 Å². The first-order chi connectivity index (χ1) is 16.1. The standard InChI is InChI=1S/C24H23F3N4O2S/c1-2-34(32,33)31-9-6-20(7-10-31)30-23-13-18(12-17-5-8-29-15-21(17)23)16-3-4-22(24(25,26)27)19(11-16)14-28/h3-5,8,11-13,15,20,30H,2,6-7,9-10H2,1H3. The minimum atomic E-state index is -4.61. The van der Waals surface area contributed by atoms with E-state index in [9.17, 15) is 26.9 Å². The Bertz CT molecular complexity index is 1360. The Balaban J connectivity index is 1.67. The van der Waals surface area contributed by atoms with Gasteiger partial charge in [-0.2, -0.15) is 18.4 Å². The topological polar surface area (TPSA) is 86.1 Å². The van der Waals surface area contributed by atoms with Crippen LogP contribution < -0.4 is 5.32 Å². The molecule has 34 heavy (non-hydrogen) atoms. The highest BCUT2D eigenvalue weighted by atomic mass is 32.2. The molecule has 1 aromatic heterocycles. The van der Waals surface area contributed by atoms with E-state index in [0.717, 1.165) is 22.5 Å². The number of piperidine rings is 1. The number of hydrogen-bond donors (Lipinski definition) is 1. The van der Waals surface area contributed by atoms with Crippen molar-refractivity contribution in [2.24, 2.45) is 0 Å². The maximum Gasteiger partial charge on any atom is 0.417 e. The molecule has 1 saturated heterocycles. The highest BCUT2D eigenvalue weighted by Gasteiger charge is 2.33. The van der Waals surface area contributed by atoms with Gasteiger partial charge in [-0.3, -0.25) is 4.98 Å². The van der Waals surface area contributed by atoms with E-state index in [1.165, 1.54) is 16.4 Å². The highest BCUT2D eigenvalue weighted by Crippen LogP contribution is 2.36. The van der Waals surface area contributed by atoms with Crippen LogP contribution in [0.5, 0.6) is 0 Å². The quantitative estimate of drug-likeness (QED) is 0.545. The second-order valence-corrected chi connectivity index (χ2v) is 10.5. The summed E-state index contributed by atoms with van der Waals surface area (Å²) in [5, 5.41) is 14.5. The summed E-state index contributed by atoms with van der Waals surface area (Å²) >= 11 is 0. The van der Waals surface area contributed by atoms with Gasteiger partial charge in [-0.15, -0.1) is 0 Å². The zero-order chi connectivity index (χ0) is 24.5. The number of pyridine rings is 1. The maximum atomic E-state index is 13.2. The first-order valence-electron chi connectivity index (χ1n) is 10.9. The molecule has 1 aliphatic rings. The van der Waals surface area contributed by atoms with Crippen LogP contribution in [-0.4, -0.2) is 42.6 Å². The summed E-state index contributed by atoms with van der Waals surface area (Å²) in [7, 11) is -3.23. The van der Waals surface area contributed by atoms with Gasteiger partial charge in [0.1, 0.15) is 0 Å². The van der Waals surface area contributed by atoms with Crippen LogP contribution in [0.4, 0.5) is 18.9 Å². The third kappa shape index (κ3) is 4.86. The van der Waals surface area contributed by atoms with Gasteiger partial charge in [-0.05, 0) is 66.6 Å². The minimum Gasteiger partial charge on any atom is -0.382 e. The fourth-order valence-electron chi connectivity index (χ4n) is 4.23. The molecule has 1 N–H and O–H groups in total. The number of nitriles is 1. The van der Waals surface area contributed by atoms with E-state index in [2.05, 4.69) is 10.3 Å². The summed E-state index contributed by atoms with van der Waals surface area (Å²) < 4.78 is 65.4. The van der Waals surface area contributed by atoms with Crippen LogP contribution in [0.2, 0.25) is 0 Å². The van der Waals surface area contributed by atoms with Crippen molar-refractivity contribution in [3.63, 3.8) is 0 Å². The lowest BCUT2D eigenvalue weighted by molar-refractivity contribution is -0.137. The number of fused-ring (bicyclic) bond motifs is 1. The summed E-state index contributed by atoms with van der Waals surface area (Å²) in [6, 6.07) is 10.7. The Morgan fingerprint density at radius 1 is 1.15 bits per heavy atom. The predicted octanol–water partition coefficient (Wildman–Crippen LogP) is 5.02. The molecule has 6 nitrogen and oxygen atoms in total. The fourth-order valence-corrected chi connectivity index (χ4v) is 5.36. The van der Waals surface area contributed by atoms with Crippen molar-refractivity contribution in [1.82, 2.24) is 9.29 Å². The van der Waals surface area contributed by atoms with E-state index >= 15 is 0 Å². The summed E-state index contributed by atoms with van der Waals surface area (Å²) in [6.07, 6.45) is 0.00263. The van der Waals surface area contributed by atoms with Gasteiger partial charge < -0.3 is 5.32 Å². The minimum absolute atomic E-state index is 0.0317. The van der Waals surface area contributed by atoms with Crippen LogP contribution in [-0.2, 0) is 16.2 Å². The van der Waals surface area contributed by atoms with Crippen molar-refractivity contribution in [3.05, 3.63) is 59.9 Å². The van der Waals surface area contributed by atoms with Gasteiger partial charge in [-0.1, -0.05) is 6.07 Å². The van der Waals surface area contributed by atoms with Gasteiger partial charge in [0.25, 0.3) is 0 Å². The summed E-state index contributed by atoms with van der Waals surface area (Å²) in [6.45, 7) is 2.48. The summed E-state index contributed by atoms with van der Waals surface area (Å²) in [5.41, 5.74) is 0.526. The molecule has 10 heteroatoms. The van der Waals surface area contributed by atoms with Crippen molar-refractivity contribution < 1.29 is 21.6 Å². The van der Waals surface area contributed by atoms with Crippen molar-refractivity contribution in [1.29, 1.82) is 5.26 Å². The lowest BCUT2D eigenvalue weighted by atomic mass is 9.96. The van der Waals surface area contributed by atoms with E-state index in [0.29, 0.717) is 37.1 Å². The molecule has 0 bridgehead atoms. The largest absolute Gasteiger partial charge is 0.417 e. The van der Waals surface area contributed by atoms with E-state index in [-0.39, 0.29) is 11.8 Å². The van der Waals surface area contributed by atoms with Gasteiger partial charge in [0.15, 0.2) is 0 Å². The van der Waals surface area contributed by atoms with Crippen LogP contribution in [0.15, 0.2) is 48.8 Å². The summed E-state index contributed by atoms with van der Waals surface area (Å²) in [4.78, 5) is 4.19. The first-order valence-corrected chi connectivity index (χ1v) is 12.5. The Morgan fingerprint density at radius 2 is 1.88 bits per heavy atom. The second kappa shape index (κ2) is 9.24. The van der Waals surface area contributed by atoms with Crippen LogP contribution in [0, 0.1) is 11.3 Å². The van der Waals surface area contributed by atoms with Gasteiger partial charge in [0.2, 0.25) is 10.0 Å². The molecule has 3 aromatic rings. The SMILES string of the molecule is CCS(=O)(=O)N1CCC(Nc2cc(-c3ccc(C(F)(F)F)c(C#N)c3)cc3ccncc23)CC1. The Morgan fingerprint density at radius 3 is 2.53 bits per heavy atom. The molecule has 0 unspecified atom stereocenters. The number of anilines is 1. The molecular weight excluding hydrogens is 465 g/mol. The first kappa shape index (κ1) is 24.0. The molecule has 0 spiro atoms. The number of rotatable bonds is 5. The number of benzene rings is 2. The molecule has 2 heterocycles. The smallest absolute Gasteiger partial charge is 0.382 e. The van der Waals surface area contributed by atoms with E-state index in [1.54, 1.807) is 25.4 Å². The molecule has 0 atom stereocenters. The molecule has 2 aromatic carbocycles. The number of sulfonamides is 1. The number of nitrogens with one attached hydrogen (secondary N) is 1. The average Bonchev–Trinajstić information content (AvgIpc) is 2.83. The average molecular weight is 489 g/mol. The van der Waals surface area contributed by atoms with Crippen molar-refractivity contribution in [3.8, 4) is 17.2 Å². The van der Waals surface area contributed by atoms with Crippen LogP contribution in [0.1, 0.15) is 30.9 Å². The maximum absolute atomic E-state index is 13.2. The Hall–Kier alpha value is -3.16. The van der Waals surface area contributed by atoms with Gasteiger partial charge in [0.05, 0.1) is 22.9 Å². The lowest BCUT2D eigenvalue weighted by Gasteiger charge is -2.32. The lowest BCUT2D eigenvalue weighted by Crippen LogP contribution is -2.42. The van der Waals surface area contributed by atoms with E-state index in [1.807, 2.05) is 18.2 Å². The molecule has 0 radical (unpaired) electrons. The third-order valence-corrected chi connectivity index (χ3v) is 7.99. The molecule has 4 rings (SSSR count). The van der Waals surface area contributed by atoms with Crippen molar-refractivity contribution in [2.75, 3.05) is 24.2 Å². The zero-order valence-corrected chi connectivity index (χ0v) is 19.2.